The summed E-state index contributed by atoms with van der Waals surface area (Å²) in [5, 5.41) is 7.60. The van der Waals surface area contributed by atoms with E-state index in [0.29, 0.717) is 17.1 Å². The molecule has 0 spiro atoms. The second kappa shape index (κ2) is 9.01. The van der Waals surface area contributed by atoms with Crippen molar-refractivity contribution in [2.45, 2.75) is 18.2 Å². The van der Waals surface area contributed by atoms with Crippen molar-refractivity contribution in [1.82, 2.24) is 4.98 Å². The Hall–Kier alpha value is -3.01. The summed E-state index contributed by atoms with van der Waals surface area (Å²) >= 11 is 3.13. The van der Waals surface area contributed by atoms with E-state index in [1.807, 2.05) is 29.8 Å². The number of benzene rings is 2. The lowest BCUT2D eigenvalue weighted by Gasteiger charge is -2.10. The fourth-order valence-corrected chi connectivity index (χ4v) is 5.52. The Kier molecular flexibility index (Phi) is 6.17. The van der Waals surface area contributed by atoms with Gasteiger partial charge in [0.05, 0.1) is 21.9 Å². The molecule has 9 heteroatoms. The Labute approximate surface area is 188 Å². The van der Waals surface area contributed by atoms with Crippen LogP contribution in [0.5, 0.6) is 0 Å². The van der Waals surface area contributed by atoms with Crippen molar-refractivity contribution < 1.29 is 13.2 Å². The number of aryl methyl sites for hydroxylation is 1. The van der Waals surface area contributed by atoms with Gasteiger partial charge in [-0.25, -0.2) is 13.4 Å². The van der Waals surface area contributed by atoms with Crippen LogP contribution in [0.3, 0.4) is 0 Å². The molecule has 0 fully saturated rings. The second-order valence-electron chi connectivity index (χ2n) is 6.84. The average Bonchev–Trinajstić information content (AvgIpc) is 3.41. The molecule has 0 radical (unpaired) electrons. The molecule has 6 nitrogen and oxygen atoms in total. The van der Waals surface area contributed by atoms with Crippen LogP contribution in [-0.2, 0) is 21.2 Å². The first-order valence-corrected chi connectivity index (χ1v) is 12.6. The molecule has 0 aliphatic heterocycles. The van der Waals surface area contributed by atoms with Gasteiger partial charge in [0, 0.05) is 16.8 Å². The minimum atomic E-state index is -3.67. The summed E-state index contributed by atoms with van der Waals surface area (Å²) in [5.41, 5.74) is 2.70. The van der Waals surface area contributed by atoms with Gasteiger partial charge in [-0.05, 0) is 54.8 Å². The van der Waals surface area contributed by atoms with E-state index in [1.165, 1.54) is 11.3 Å². The number of rotatable bonds is 7. The number of hydrogen-bond acceptors (Lipinski definition) is 6. The Morgan fingerprint density at radius 1 is 0.968 bits per heavy atom. The zero-order chi connectivity index (χ0) is 21.8. The molecule has 0 aliphatic rings. The average molecular weight is 470 g/mol. The summed E-state index contributed by atoms with van der Waals surface area (Å²) < 4.78 is 27.5. The predicted octanol–water partition coefficient (Wildman–Crippen LogP) is 5.16. The van der Waals surface area contributed by atoms with E-state index in [4.69, 9.17) is 0 Å². The normalized spacial score (nSPS) is 11.3. The monoisotopic (exact) mass is 469 g/mol. The Balaban J connectivity index is 1.36. The lowest BCUT2D eigenvalue weighted by atomic mass is 10.2. The quantitative estimate of drug-likeness (QED) is 0.391. The summed E-state index contributed by atoms with van der Waals surface area (Å²) in [6.07, 6.45) is 0.170. The molecule has 0 saturated carbocycles. The highest BCUT2D eigenvalue weighted by molar-refractivity contribution is 7.92. The van der Waals surface area contributed by atoms with E-state index in [9.17, 15) is 13.2 Å². The number of sulfonamides is 1. The third-order valence-corrected chi connectivity index (χ3v) is 7.70. The standard InChI is InChI=1S/C22H19N3O3S3/c1-15-4-10-19(11-5-15)31(27,28)25-17-8-6-16(7-9-17)23-21(26)13-18-14-30-22(24-18)20-3-2-12-29-20/h2-12,14,25H,13H2,1H3,(H,23,26). The van der Waals surface area contributed by atoms with Crippen molar-refractivity contribution in [1.29, 1.82) is 0 Å². The van der Waals surface area contributed by atoms with Crippen molar-refractivity contribution >= 4 is 50.0 Å². The predicted molar refractivity (Wildman–Crippen MR) is 126 cm³/mol. The number of carbonyl (C=O) groups excluding carboxylic acids is 1. The van der Waals surface area contributed by atoms with Crippen LogP contribution >= 0.6 is 22.7 Å². The van der Waals surface area contributed by atoms with Crippen LogP contribution in [0.2, 0.25) is 0 Å². The van der Waals surface area contributed by atoms with E-state index in [-0.39, 0.29) is 17.2 Å². The number of amides is 1. The summed E-state index contributed by atoms with van der Waals surface area (Å²) in [7, 11) is -3.67. The molecule has 2 N–H and O–H groups in total. The zero-order valence-electron chi connectivity index (χ0n) is 16.5. The molecule has 158 valence electrons. The minimum Gasteiger partial charge on any atom is -0.326 e. The fraction of sp³-hybridized carbons (Fsp3) is 0.0909. The number of thiophene rings is 1. The highest BCUT2D eigenvalue weighted by atomic mass is 32.2. The molecule has 4 rings (SSSR count). The second-order valence-corrected chi connectivity index (χ2v) is 10.3. The molecular formula is C22H19N3O3S3. The van der Waals surface area contributed by atoms with Crippen LogP contribution < -0.4 is 10.0 Å². The first-order valence-electron chi connectivity index (χ1n) is 9.37. The lowest BCUT2D eigenvalue weighted by Crippen LogP contribution is -2.15. The van der Waals surface area contributed by atoms with Gasteiger partial charge in [0.1, 0.15) is 5.01 Å². The molecule has 2 aromatic carbocycles. The Morgan fingerprint density at radius 3 is 2.35 bits per heavy atom. The summed E-state index contributed by atoms with van der Waals surface area (Å²) in [4.78, 5) is 18.1. The first-order chi connectivity index (χ1) is 14.9. The van der Waals surface area contributed by atoms with Crippen LogP contribution in [0.15, 0.2) is 76.3 Å². The lowest BCUT2D eigenvalue weighted by molar-refractivity contribution is -0.115. The molecule has 0 aliphatic carbocycles. The van der Waals surface area contributed by atoms with E-state index < -0.39 is 10.0 Å². The van der Waals surface area contributed by atoms with Crippen molar-refractivity contribution in [2.24, 2.45) is 0 Å². The van der Waals surface area contributed by atoms with E-state index in [2.05, 4.69) is 15.0 Å². The molecule has 4 aromatic rings. The molecule has 2 heterocycles. The third kappa shape index (κ3) is 5.38. The number of aromatic nitrogens is 1. The van der Waals surface area contributed by atoms with Gasteiger partial charge >= 0.3 is 0 Å². The molecular weight excluding hydrogens is 450 g/mol. The molecule has 1 amide bonds. The number of anilines is 2. The van der Waals surface area contributed by atoms with Crippen LogP contribution in [0.4, 0.5) is 11.4 Å². The topological polar surface area (TPSA) is 88.2 Å². The Bertz CT molecular complexity index is 1280. The number of thiazole rings is 1. The van der Waals surface area contributed by atoms with Crippen LogP contribution in [-0.4, -0.2) is 19.3 Å². The van der Waals surface area contributed by atoms with Gasteiger partial charge in [-0.3, -0.25) is 9.52 Å². The summed E-state index contributed by atoms with van der Waals surface area (Å²) in [5.74, 6) is -0.184. The van der Waals surface area contributed by atoms with Gasteiger partial charge in [-0.15, -0.1) is 22.7 Å². The number of nitrogens with one attached hydrogen (secondary N) is 2. The van der Waals surface area contributed by atoms with Crippen molar-refractivity contribution in [3.63, 3.8) is 0 Å². The van der Waals surface area contributed by atoms with Gasteiger partial charge in [0.25, 0.3) is 10.0 Å². The molecule has 2 aromatic heterocycles. The van der Waals surface area contributed by atoms with Gasteiger partial charge in [0.2, 0.25) is 5.91 Å². The molecule has 0 saturated heterocycles. The maximum absolute atomic E-state index is 12.5. The van der Waals surface area contributed by atoms with Gasteiger partial charge in [0.15, 0.2) is 0 Å². The van der Waals surface area contributed by atoms with Crippen molar-refractivity contribution in [3.8, 4) is 9.88 Å². The molecule has 0 bridgehead atoms. The van der Waals surface area contributed by atoms with Crippen molar-refractivity contribution in [3.05, 3.63) is 82.7 Å². The van der Waals surface area contributed by atoms with E-state index in [0.717, 1.165) is 15.4 Å². The van der Waals surface area contributed by atoms with Gasteiger partial charge in [-0.1, -0.05) is 23.8 Å². The smallest absolute Gasteiger partial charge is 0.261 e. The Morgan fingerprint density at radius 2 is 1.68 bits per heavy atom. The molecule has 0 unspecified atom stereocenters. The molecule has 31 heavy (non-hydrogen) atoms. The number of nitrogens with zero attached hydrogens (tertiary/aromatic N) is 1. The van der Waals surface area contributed by atoms with Crippen LogP contribution in [0, 0.1) is 6.92 Å². The summed E-state index contributed by atoms with van der Waals surface area (Å²) in [6, 6.07) is 17.1. The van der Waals surface area contributed by atoms with Crippen LogP contribution in [0.25, 0.3) is 9.88 Å². The highest BCUT2D eigenvalue weighted by Gasteiger charge is 2.14. The van der Waals surface area contributed by atoms with E-state index >= 15 is 0 Å². The highest BCUT2D eigenvalue weighted by Crippen LogP contribution is 2.28. The first kappa shape index (κ1) is 21.2. The SMILES string of the molecule is Cc1ccc(S(=O)(=O)Nc2ccc(NC(=O)Cc3csc(-c4cccs4)n3)cc2)cc1. The summed E-state index contributed by atoms with van der Waals surface area (Å²) in [6.45, 7) is 1.90. The third-order valence-electron chi connectivity index (χ3n) is 4.38. The van der Waals surface area contributed by atoms with Gasteiger partial charge < -0.3 is 5.32 Å². The largest absolute Gasteiger partial charge is 0.326 e. The maximum Gasteiger partial charge on any atom is 0.261 e. The van der Waals surface area contributed by atoms with Crippen molar-refractivity contribution in [2.75, 3.05) is 10.0 Å². The van der Waals surface area contributed by atoms with E-state index in [1.54, 1.807) is 59.9 Å². The van der Waals surface area contributed by atoms with Gasteiger partial charge in [-0.2, -0.15) is 0 Å². The zero-order valence-corrected chi connectivity index (χ0v) is 19.0. The van der Waals surface area contributed by atoms with Crippen LogP contribution in [0.1, 0.15) is 11.3 Å². The number of hydrogen-bond donors (Lipinski definition) is 2. The minimum absolute atomic E-state index is 0.170. The maximum atomic E-state index is 12.5. The molecule has 0 atom stereocenters. The fourth-order valence-electron chi connectivity index (χ4n) is 2.82. The number of carbonyl (C=O) groups is 1.